The molecular formula is C25H26N4O. The maximum absolute atomic E-state index is 13.4. The van der Waals surface area contributed by atoms with Gasteiger partial charge in [0.1, 0.15) is 5.69 Å². The third kappa shape index (κ3) is 3.96. The van der Waals surface area contributed by atoms with Gasteiger partial charge in [-0.1, -0.05) is 81.4 Å². The van der Waals surface area contributed by atoms with Crippen LogP contribution in [-0.2, 0) is 5.41 Å². The third-order valence-corrected chi connectivity index (χ3v) is 5.10. The van der Waals surface area contributed by atoms with Gasteiger partial charge in [-0.15, -0.1) is 0 Å². The quantitative estimate of drug-likeness (QED) is 0.534. The van der Waals surface area contributed by atoms with Crippen LogP contribution in [0, 0.1) is 6.92 Å². The van der Waals surface area contributed by atoms with Crippen molar-refractivity contribution in [3.8, 4) is 0 Å². The van der Waals surface area contributed by atoms with Crippen LogP contribution in [0.5, 0.6) is 0 Å². The molecule has 5 heteroatoms. The molecule has 0 atom stereocenters. The molecule has 2 heterocycles. The van der Waals surface area contributed by atoms with Gasteiger partial charge in [-0.2, -0.15) is 5.10 Å². The maximum Gasteiger partial charge on any atom is 0.270 e. The monoisotopic (exact) mass is 398 g/mol. The number of aromatic nitrogens is 3. The third-order valence-electron chi connectivity index (χ3n) is 5.10. The summed E-state index contributed by atoms with van der Waals surface area (Å²) in [5.74, 6) is -0.188. The topological polar surface area (TPSA) is 59.3 Å². The Balaban J connectivity index is 1.76. The largest absolute Gasteiger partial charge is 0.340 e. The van der Waals surface area contributed by atoms with Crippen molar-refractivity contribution in [2.75, 3.05) is 0 Å². The lowest BCUT2D eigenvalue weighted by atomic mass is 9.93. The lowest BCUT2D eigenvalue weighted by Gasteiger charge is -2.20. The fraction of sp³-hybridized carbons (Fsp3) is 0.240. The van der Waals surface area contributed by atoms with E-state index in [0.29, 0.717) is 11.3 Å². The number of nitrogens with one attached hydrogen (secondary N) is 1. The number of carbonyl (C=O) groups is 1. The van der Waals surface area contributed by atoms with Gasteiger partial charge >= 0.3 is 0 Å². The van der Waals surface area contributed by atoms with Crippen LogP contribution in [0.2, 0.25) is 0 Å². The summed E-state index contributed by atoms with van der Waals surface area (Å²) in [5, 5.41) is 7.90. The molecule has 2 aromatic carbocycles. The normalized spacial score (nSPS) is 11.8. The minimum absolute atomic E-state index is 0.133. The summed E-state index contributed by atoms with van der Waals surface area (Å²) in [6, 6.07) is 23.4. The van der Waals surface area contributed by atoms with E-state index in [-0.39, 0.29) is 17.4 Å². The van der Waals surface area contributed by atoms with Gasteiger partial charge in [-0.3, -0.25) is 4.79 Å². The number of hydrogen-bond acceptors (Lipinski definition) is 3. The number of benzene rings is 2. The second-order valence-corrected chi connectivity index (χ2v) is 8.56. The van der Waals surface area contributed by atoms with E-state index in [1.165, 1.54) is 0 Å². The van der Waals surface area contributed by atoms with Gasteiger partial charge in [-0.25, -0.2) is 9.50 Å². The number of carbonyl (C=O) groups excluding carboxylic acids is 1. The molecule has 1 N–H and O–H groups in total. The molecule has 2 aromatic heterocycles. The Morgan fingerprint density at radius 1 is 0.933 bits per heavy atom. The van der Waals surface area contributed by atoms with Gasteiger partial charge in [0.25, 0.3) is 5.91 Å². The highest BCUT2D eigenvalue weighted by molar-refractivity contribution is 5.93. The molecule has 0 bridgehead atoms. The molecule has 1 amide bonds. The summed E-state index contributed by atoms with van der Waals surface area (Å²) in [6.45, 7) is 8.19. The number of aryl methyl sites for hydroxylation is 1. The van der Waals surface area contributed by atoms with Crippen molar-refractivity contribution in [3.05, 3.63) is 101 Å². The molecule has 4 rings (SSSR count). The van der Waals surface area contributed by atoms with E-state index >= 15 is 0 Å². The highest BCUT2D eigenvalue weighted by Crippen LogP contribution is 2.24. The molecule has 0 aliphatic heterocycles. The summed E-state index contributed by atoms with van der Waals surface area (Å²) >= 11 is 0. The molecule has 0 saturated carbocycles. The van der Waals surface area contributed by atoms with Crippen LogP contribution in [0.4, 0.5) is 0 Å². The molecule has 0 spiro atoms. The van der Waals surface area contributed by atoms with Crippen molar-refractivity contribution in [2.45, 2.75) is 39.2 Å². The van der Waals surface area contributed by atoms with Crippen molar-refractivity contribution in [3.63, 3.8) is 0 Å². The Hall–Kier alpha value is -3.47. The molecule has 0 radical (unpaired) electrons. The second kappa shape index (κ2) is 7.75. The van der Waals surface area contributed by atoms with Gasteiger partial charge < -0.3 is 5.32 Å². The van der Waals surface area contributed by atoms with E-state index in [1.807, 2.05) is 73.7 Å². The van der Waals surface area contributed by atoms with Crippen LogP contribution < -0.4 is 5.32 Å². The molecule has 30 heavy (non-hydrogen) atoms. The Labute approximate surface area is 176 Å². The molecule has 4 aromatic rings. The van der Waals surface area contributed by atoms with E-state index < -0.39 is 0 Å². The Morgan fingerprint density at radius 3 is 2.03 bits per heavy atom. The number of fused-ring (bicyclic) bond motifs is 1. The van der Waals surface area contributed by atoms with Gasteiger partial charge in [0.05, 0.1) is 11.7 Å². The van der Waals surface area contributed by atoms with E-state index in [4.69, 9.17) is 5.10 Å². The van der Waals surface area contributed by atoms with E-state index in [0.717, 1.165) is 22.5 Å². The average Bonchev–Trinajstić information content (AvgIpc) is 3.17. The van der Waals surface area contributed by atoms with Crippen LogP contribution in [0.1, 0.15) is 59.8 Å². The Morgan fingerprint density at radius 2 is 1.50 bits per heavy atom. The predicted octanol–water partition coefficient (Wildman–Crippen LogP) is 4.85. The first-order chi connectivity index (χ1) is 14.3. The molecule has 152 valence electrons. The van der Waals surface area contributed by atoms with Crippen LogP contribution in [0.15, 0.2) is 72.8 Å². The van der Waals surface area contributed by atoms with Crippen molar-refractivity contribution in [1.29, 1.82) is 0 Å². The van der Waals surface area contributed by atoms with Crippen LogP contribution in [0.3, 0.4) is 0 Å². The maximum atomic E-state index is 13.4. The van der Waals surface area contributed by atoms with Crippen LogP contribution in [-0.4, -0.2) is 20.5 Å². The van der Waals surface area contributed by atoms with Crippen molar-refractivity contribution in [1.82, 2.24) is 19.9 Å². The van der Waals surface area contributed by atoms with Gasteiger partial charge in [0, 0.05) is 17.2 Å². The number of nitrogens with zero attached hydrogens (tertiary/aromatic N) is 3. The zero-order valence-corrected chi connectivity index (χ0v) is 17.8. The number of rotatable bonds is 4. The van der Waals surface area contributed by atoms with E-state index in [2.05, 4.69) is 31.1 Å². The lowest BCUT2D eigenvalue weighted by Crippen LogP contribution is -2.31. The Bertz CT molecular complexity index is 1130. The SMILES string of the molecule is Cc1cc(C(=O)NC(c2ccccc2)c2ccccc2)n2nc(C(C)(C)C)cc2n1. The van der Waals surface area contributed by atoms with Crippen LogP contribution in [0.25, 0.3) is 5.65 Å². The summed E-state index contributed by atoms with van der Waals surface area (Å²) in [7, 11) is 0. The fourth-order valence-corrected chi connectivity index (χ4v) is 3.48. The van der Waals surface area contributed by atoms with E-state index in [9.17, 15) is 4.79 Å². The molecule has 0 aliphatic rings. The molecular weight excluding hydrogens is 372 g/mol. The summed E-state index contributed by atoms with van der Waals surface area (Å²) in [6.07, 6.45) is 0. The highest BCUT2D eigenvalue weighted by Gasteiger charge is 2.23. The number of hydrogen-bond donors (Lipinski definition) is 1. The average molecular weight is 399 g/mol. The van der Waals surface area contributed by atoms with Crippen molar-refractivity contribution >= 4 is 11.6 Å². The Kier molecular flexibility index (Phi) is 5.12. The first-order valence-electron chi connectivity index (χ1n) is 10.1. The van der Waals surface area contributed by atoms with Crippen LogP contribution >= 0.6 is 0 Å². The molecule has 5 nitrogen and oxygen atoms in total. The van der Waals surface area contributed by atoms with Gasteiger partial charge in [0.2, 0.25) is 0 Å². The van der Waals surface area contributed by atoms with Gasteiger partial charge in [0.15, 0.2) is 5.65 Å². The number of amides is 1. The highest BCUT2D eigenvalue weighted by atomic mass is 16.2. The standard InChI is InChI=1S/C25H26N4O/c1-17-15-20(29-22(26-17)16-21(28-29)25(2,3)4)24(30)27-23(18-11-7-5-8-12-18)19-13-9-6-10-14-19/h5-16,23H,1-4H3,(H,27,30). The summed E-state index contributed by atoms with van der Waals surface area (Å²) in [4.78, 5) is 18.0. The predicted molar refractivity (Wildman–Crippen MR) is 119 cm³/mol. The van der Waals surface area contributed by atoms with Crippen molar-refractivity contribution < 1.29 is 4.79 Å². The zero-order valence-electron chi connectivity index (χ0n) is 17.8. The second-order valence-electron chi connectivity index (χ2n) is 8.56. The molecule has 0 fully saturated rings. The molecule has 0 unspecified atom stereocenters. The summed E-state index contributed by atoms with van der Waals surface area (Å²) < 4.78 is 1.65. The van der Waals surface area contributed by atoms with Crippen molar-refractivity contribution in [2.24, 2.45) is 0 Å². The first kappa shape index (κ1) is 19.8. The van der Waals surface area contributed by atoms with Gasteiger partial charge in [-0.05, 0) is 24.1 Å². The smallest absolute Gasteiger partial charge is 0.270 e. The fourth-order valence-electron chi connectivity index (χ4n) is 3.48. The zero-order chi connectivity index (χ0) is 21.3. The molecule has 0 saturated heterocycles. The molecule has 0 aliphatic carbocycles. The minimum Gasteiger partial charge on any atom is -0.340 e. The summed E-state index contributed by atoms with van der Waals surface area (Å²) in [5.41, 5.74) is 4.75. The lowest BCUT2D eigenvalue weighted by molar-refractivity contribution is 0.0935. The minimum atomic E-state index is -0.263. The van der Waals surface area contributed by atoms with E-state index in [1.54, 1.807) is 10.6 Å². The first-order valence-corrected chi connectivity index (χ1v) is 10.1.